The fraction of sp³-hybridized carbons (Fsp3) is 0.207. The van der Waals surface area contributed by atoms with Crippen molar-refractivity contribution in [3.8, 4) is 16.9 Å². The van der Waals surface area contributed by atoms with Crippen LogP contribution in [0.25, 0.3) is 23.0 Å². The van der Waals surface area contributed by atoms with Gasteiger partial charge in [-0.3, -0.25) is 9.69 Å². The second-order valence-electron chi connectivity index (χ2n) is 9.55. The highest BCUT2D eigenvalue weighted by Crippen LogP contribution is 2.36. The summed E-state index contributed by atoms with van der Waals surface area (Å²) in [4.78, 5) is 15.5. The van der Waals surface area contributed by atoms with Gasteiger partial charge in [0, 0.05) is 30.4 Å². The molecule has 0 spiro atoms. The molecule has 0 saturated carbocycles. The van der Waals surface area contributed by atoms with Crippen molar-refractivity contribution in [1.82, 2.24) is 19.0 Å². The van der Waals surface area contributed by atoms with Gasteiger partial charge in [-0.2, -0.15) is 9.40 Å². The molecule has 6 rings (SSSR count). The number of sulfonamides is 1. The van der Waals surface area contributed by atoms with Crippen LogP contribution in [-0.2, 0) is 21.4 Å². The highest BCUT2D eigenvalue weighted by Gasteiger charge is 2.33. The summed E-state index contributed by atoms with van der Waals surface area (Å²) in [6, 6.07) is 20.1. The minimum atomic E-state index is -3.63. The lowest BCUT2D eigenvalue weighted by Gasteiger charge is -2.26. The molecule has 0 N–H and O–H groups in total. The van der Waals surface area contributed by atoms with E-state index in [1.165, 1.54) is 16.7 Å². The number of thioether (sulfide) groups is 1. The lowest BCUT2D eigenvalue weighted by atomic mass is 10.1. The number of amides is 1. The molecule has 2 saturated heterocycles. The summed E-state index contributed by atoms with van der Waals surface area (Å²) < 4.78 is 36.0. The molecule has 4 heterocycles. The molecule has 0 radical (unpaired) electrons. The molecule has 1 amide bonds. The summed E-state index contributed by atoms with van der Waals surface area (Å²) in [6.07, 6.45) is 7.95. The van der Waals surface area contributed by atoms with Gasteiger partial charge in [-0.25, -0.2) is 13.1 Å². The third-order valence-electron chi connectivity index (χ3n) is 6.88. The van der Waals surface area contributed by atoms with Crippen LogP contribution >= 0.6 is 24.0 Å². The van der Waals surface area contributed by atoms with Crippen molar-refractivity contribution < 1.29 is 17.6 Å². The zero-order valence-corrected chi connectivity index (χ0v) is 23.9. The largest absolute Gasteiger partial charge is 0.467 e. The Morgan fingerprint density at radius 3 is 2.55 bits per heavy atom. The molecule has 2 fully saturated rings. The molecule has 0 unspecified atom stereocenters. The molecular formula is C29H26N4O4S3. The van der Waals surface area contributed by atoms with Crippen LogP contribution in [-0.4, -0.2) is 50.7 Å². The Morgan fingerprint density at radius 1 is 1.00 bits per heavy atom. The van der Waals surface area contributed by atoms with Crippen molar-refractivity contribution in [1.29, 1.82) is 0 Å². The van der Waals surface area contributed by atoms with Gasteiger partial charge in [-0.15, -0.1) is 0 Å². The van der Waals surface area contributed by atoms with Gasteiger partial charge in [0.1, 0.15) is 15.8 Å². The standard InChI is InChI=1S/C29H26N4O4S3/c34-28-26(39-29(38)32(28)20-24-12-8-16-37-24)18-22-19-33(23-10-3-1-4-11-23)30-27(22)21-9-7-13-25(17-21)40(35,36)31-14-5-2-6-15-31/h1,3-4,7-13,16-19H,2,5-6,14-15,20H2/b26-18-. The predicted molar refractivity (Wildman–Crippen MR) is 159 cm³/mol. The lowest BCUT2D eigenvalue weighted by Crippen LogP contribution is -2.35. The average molecular weight is 591 g/mol. The SMILES string of the molecule is O=C1/C(=C/c2cn(-c3ccccc3)nc2-c2cccc(S(=O)(=O)N3CCCCC3)c2)SC(=S)N1Cc1ccco1. The maximum atomic E-state index is 13.4. The van der Waals surface area contributed by atoms with Gasteiger partial charge < -0.3 is 4.42 Å². The zero-order chi connectivity index (χ0) is 27.7. The summed E-state index contributed by atoms with van der Waals surface area (Å²) in [7, 11) is -3.63. The third-order valence-corrected chi connectivity index (χ3v) is 10.2. The summed E-state index contributed by atoms with van der Waals surface area (Å²) in [5.41, 5.74) is 2.72. The van der Waals surface area contributed by atoms with Gasteiger partial charge in [0.05, 0.1) is 28.3 Å². The minimum absolute atomic E-state index is 0.216. The van der Waals surface area contributed by atoms with Gasteiger partial charge in [0.2, 0.25) is 10.0 Å². The van der Waals surface area contributed by atoms with Crippen LogP contribution in [0, 0.1) is 0 Å². The molecular weight excluding hydrogens is 565 g/mol. The minimum Gasteiger partial charge on any atom is -0.467 e. The molecule has 2 aliphatic heterocycles. The van der Waals surface area contributed by atoms with Gasteiger partial charge in [0.25, 0.3) is 5.91 Å². The number of hydrogen-bond acceptors (Lipinski definition) is 7. The van der Waals surface area contributed by atoms with Crippen molar-refractivity contribution in [2.45, 2.75) is 30.7 Å². The number of carbonyl (C=O) groups excluding carboxylic acids is 1. The molecule has 2 aliphatic rings. The highest BCUT2D eigenvalue weighted by atomic mass is 32.2. The normalized spacial score (nSPS) is 17.7. The Hall–Kier alpha value is -3.51. The van der Waals surface area contributed by atoms with Crippen LogP contribution in [0.3, 0.4) is 0 Å². The molecule has 0 bridgehead atoms. The van der Waals surface area contributed by atoms with Crippen molar-refractivity contribution in [2.24, 2.45) is 0 Å². The first kappa shape index (κ1) is 26.7. The third kappa shape index (κ3) is 5.29. The number of hydrogen-bond donors (Lipinski definition) is 0. The number of furan rings is 1. The highest BCUT2D eigenvalue weighted by molar-refractivity contribution is 8.26. The number of para-hydroxylation sites is 1. The van der Waals surface area contributed by atoms with E-state index in [0.717, 1.165) is 24.9 Å². The Morgan fingerprint density at radius 2 is 1.80 bits per heavy atom. The van der Waals surface area contributed by atoms with E-state index < -0.39 is 10.0 Å². The average Bonchev–Trinajstić information content (AvgIpc) is 3.72. The van der Waals surface area contributed by atoms with E-state index in [4.69, 9.17) is 21.7 Å². The van der Waals surface area contributed by atoms with E-state index in [0.29, 0.717) is 44.9 Å². The first-order valence-corrected chi connectivity index (χ1v) is 15.6. The Balaban J connectivity index is 1.39. The number of thiocarbonyl (C=S) groups is 1. The number of carbonyl (C=O) groups is 1. The number of nitrogens with zero attached hydrogens (tertiary/aromatic N) is 4. The molecule has 4 aromatic rings. The second kappa shape index (κ2) is 11.2. The molecule has 40 heavy (non-hydrogen) atoms. The number of rotatable bonds is 7. The van der Waals surface area contributed by atoms with Crippen molar-refractivity contribution in [3.05, 3.63) is 95.4 Å². The summed E-state index contributed by atoms with van der Waals surface area (Å²) >= 11 is 6.73. The van der Waals surface area contributed by atoms with E-state index >= 15 is 0 Å². The van der Waals surface area contributed by atoms with E-state index in [-0.39, 0.29) is 17.3 Å². The van der Waals surface area contributed by atoms with Crippen LogP contribution < -0.4 is 0 Å². The number of piperidine rings is 1. The van der Waals surface area contributed by atoms with Crippen molar-refractivity contribution in [2.75, 3.05) is 13.1 Å². The van der Waals surface area contributed by atoms with Crippen LogP contribution in [0.2, 0.25) is 0 Å². The smallest absolute Gasteiger partial charge is 0.266 e. The Kier molecular flexibility index (Phi) is 7.45. The first-order valence-electron chi connectivity index (χ1n) is 12.9. The first-order chi connectivity index (χ1) is 19.4. The fourth-order valence-corrected chi connectivity index (χ4v) is 7.63. The predicted octanol–water partition coefficient (Wildman–Crippen LogP) is 5.71. The van der Waals surface area contributed by atoms with Crippen molar-refractivity contribution in [3.63, 3.8) is 0 Å². The Labute approximate surface area is 242 Å². The topological polar surface area (TPSA) is 88.6 Å². The van der Waals surface area contributed by atoms with E-state index in [1.807, 2.05) is 42.6 Å². The van der Waals surface area contributed by atoms with Gasteiger partial charge in [-0.1, -0.05) is 60.7 Å². The van der Waals surface area contributed by atoms with E-state index in [9.17, 15) is 13.2 Å². The van der Waals surface area contributed by atoms with Gasteiger partial charge in [-0.05, 0) is 55.3 Å². The number of aromatic nitrogens is 2. The monoisotopic (exact) mass is 590 g/mol. The van der Waals surface area contributed by atoms with Crippen molar-refractivity contribution >= 4 is 50.3 Å². The zero-order valence-electron chi connectivity index (χ0n) is 21.5. The fourth-order valence-electron chi connectivity index (χ4n) is 4.82. The van der Waals surface area contributed by atoms with Gasteiger partial charge >= 0.3 is 0 Å². The summed E-state index contributed by atoms with van der Waals surface area (Å²) in [5, 5.41) is 4.83. The van der Waals surface area contributed by atoms with Crippen LogP contribution in [0.5, 0.6) is 0 Å². The Bertz CT molecular complexity index is 1690. The maximum Gasteiger partial charge on any atom is 0.266 e. The quantitative estimate of drug-likeness (QED) is 0.201. The molecule has 0 aliphatic carbocycles. The molecule has 2 aromatic heterocycles. The lowest BCUT2D eigenvalue weighted by molar-refractivity contribution is -0.122. The van der Waals surface area contributed by atoms with E-state index in [2.05, 4.69) is 0 Å². The van der Waals surface area contributed by atoms with Crippen LogP contribution in [0.1, 0.15) is 30.6 Å². The summed E-state index contributed by atoms with van der Waals surface area (Å²) in [6.45, 7) is 1.31. The van der Waals surface area contributed by atoms with Crippen LogP contribution in [0.4, 0.5) is 0 Å². The van der Waals surface area contributed by atoms with Crippen LogP contribution in [0.15, 0.2) is 93.4 Å². The number of benzene rings is 2. The molecule has 11 heteroatoms. The second-order valence-corrected chi connectivity index (χ2v) is 13.2. The molecule has 0 atom stereocenters. The van der Waals surface area contributed by atoms with E-state index in [1.54, 1.807) is 51.7 Å². The molecule has 8 nitrogen and oxygen atoms in total. The van der Waals surface area contributed by atoms with Gasteiger partial charge in [0.15, 0.2) is 0 Å². The summed E-state index contributed by atoms with van der Waals surface area (Å²) in [5.74, 6) is 0.424. The maximum absolute atomic E-state index is 13.4. The molecule has 204 valence electrons. The molecule has 2 aromatic carbocycles.